The van der Waals surface area contributed by atoms with E-state index in [1.807, 2.05) is 0 Å². The molecule has 0 atom stereocenters. The van der Waals surface area contributed by atoms with Crippen molar-refractivity contribution >= 4 is 5.91 Å². The summed E-state index contributed by atoms with van der Waals surface area (Å²) < 4.78 is 0. The van der Waals surface area contributed by atoms with Crippen molar-refractivity contribution in [2.45, 2.75) is 7.43 Å². The molecular weight excluding hydrogens is 142 g/mol. The fraction of sp³-hybridized carbons (Fsp3) is 0.125. The van der Waals surface area contributed by atoms with Crippen LogP contribution in [0.4, 0.5) is 0 Å². The number of carbonyl (C=O) groups is 1. The fourth-order valence-electron chi connectivity index (χ4n) is 0.682. The molecule has 0 bridgehead atoms. The number of hydrogen-bond donors (Lipinski definition) is 2. The topological polar surface area (TPSA) is 63.3 Å². The maximum absolute atomic E-state index is 10.5. The van der Waals surface area contributed by atoms with Gasteiger partial charge >= 0.3 is 0 Å². The Morgan fingerprint density at radius 3 is 2.27 bits per heavy atom. The lowest BCUT2D eigenvalue weighted by atomic mass is 10.2. The van der Waals surface area contributed by atoms with Crippen molar-refractivity contribution in [1.29, 1.82) is 0 Å². The van der Waals surface area contributed by atoms with Crippen LogP contribution in [0.15, 0.2) is 24.3 Å². The predicted octanol–water partition coefficient (Wildman–Crippen LogP) is 1.13. The number of benzene rings is 1. The maximum Gasteiger partial charge on any atom is 0.252 e. The van der Waals surface area contributed by atoms with Gasteiger partial charge in [-0.3, -0.25) is 4.79 Å². The highest BCUT2D eigenvalue weighted by molar-refractivity contribution is 5.95. The number of amides is 1. The van der Waals surface area contributed by atoms with Crippen LogP contribution in [-0.4, -0.2) is 11.0 Å². The lowest BCUT2D eigenvalue weighted by Crippen LogP contribution is -2.10. The van der Waals surface area contributed by atoms with Gasteiger partial charge in [0.1, 0.15) is 5.75 Å². The molecule has 60 valence electrons. The zero-order valence-electron chi connectivity index (χ0n) is 5.24. The number of rotatable bonds is 1. The summed E-state index contributed by atoms with van der Waals surface area (Å²) in [6.45, 7) is 0. The number of nitrogens with two attached hydrogens (primary N) is 1. The second kappa shape index (κ2) is 3.61. The Bertz CT molecular complexity index is 258. The van der Waals surface area contributed by atoms with Crippen LogP contribution in [0.25, 0.3) is 0 Å². The van der Waals surface area contributed by atoms with Gasteiger partial charge in [-0.25, -0.2) is 0 Å². The molecule has 1 amide bonds. The molecule has 0 unspecified atom stereocenters. The van der Waals surface area contributed by atoms with Crippen LogP contribution in [0.1, 0.15) is 17.8 Å². The molecule has 1 rings (SSSR count). The molecular formula is C8H11NO2. The lowest BCUT2D eigenvalue weighted by molar-refractivity contribution is 0.0998. The normalized spacial score (nSPS) is 8.36. The van der Waals surface area contributed by atoms with Gasteiger partial charge in [0.2, 0.25) is 0 Å². The van der Waals surface area contributed by atoms with E-state index in [2.05, 4.69) is 0 Å². The quantitative estimate of drug-likeness (QED) is 0.635. The number of aromatic hydroxyl groups is 1. The second-order valence-corrected chi connectivity index (χ2v) is 1.88. The molecule has 0 spiro atoms. The largest absolute Gasteiger partial charge is 0.507 e. The molecule has 0 saturated carbocycles. The zero-order valence-corrected chi connectivity index (χ0v) is 5.24. The first-order valence-electron chi connectivity index (χ1n) is 2.79. The van der Waals surface area contributed by atoms with Crippen molar-refractivity contribution in [3.63, 3.8) is 0 Å². The smallest absolute Gasteiger partial charge is 0.252 e. The van der Waals surface area contributed by atoms with E-state index < -0.39 is 5.91 Å². The first kappa shape index (κ1) is 9.49. The summed E-state index contributed by atoms with van der Waals surface area (Å²) in [6, 6.07) is 6.15. The Hall–Kier alpha value is -1.51. The van der Waals surface area contributed by atoms with Gasteiger partial charge in [-0.1, -0.05) is 19.6 Å². The summed E-state index contributed by atoms with van der Waals surface area (Å²) in [7, 11) is 0. The Morgan fingerprint density at radius 1 is 1.36 bits per heavy atom. The first-order chi connectivity index (χ1) is 4.72. The van der Waals surface area contributed by atoms with Gasteiger partial charge in [0.25, 0.3) is 5.91 Å². The monoisotopic (exact) mass is 153 g/mol. The molecule has 0 aliphatic rings. The number of phenols is 1. The molecule has 0 fully saturated rings. The molecule has 0 radical (unpaired) electrons. The standard InChI is InChI=1S/C7H7NO2.CH4/c8-7(10)5-3-1-2-4-6(5)9;/h1-4,9H,(H2,8,10);1H4. The average molecular weight is 153 g/mol. The minimum absolute atomic E-state index is 0. The summed E-state index contributed by atoms with van der Waals surface area (Å²) in [5.41, 5.74) is 5.07. The van der Waals surface area contributed by atoms with E-state index in [0.29, 0.717) is 0 Å². The SMILES string of the molecule is C.NC(=O)c1ccccc1O. The van der Waals surface area contributed by atoms with Crippen molar-refractivity contribution in [3.8, 4) is 5.75 Å². The van der Waals surface area contributed by atoms with Gasteiger partial charge < -0.3 is 10.8 Å². The molecule has 0 aromatic heterocycles. The second-order valence-electron chi connectivity index (χ2n) is 1.88. The van der Waals surface area contributed by atoms with Gasteiger partial charge in [0.05, 0.1) is 5.56 Å². The molecule has 0 heterocycles. The van der Waals surface area contributed by atoms with Gasteiger partial charge in [-0.05, 0) is 12.1 Å². The van der Waals surface area contributed by atoms with Gasteiger partial charge in [-0.2, -0.15) is 0 Å². The molecule has 3 heteroatoms. The number of primary amides is 1. The van der Waals surface area contributed by atoms with Crippen LogP contribution in [0.5, 0.6) is 5.75 Å². The van der Waals surface area contributed by atoms with Crippen LogP contribution >= 0.6 is 0 Å². The Kier molecular flexibility index (Phi) is 3.11. The summed E-state index contributed by atoms with van der Waals surface area (Å²) in [5.74, 6) is -0.687. The van der Waals surface area contributed by atoms with Crippen molar-refractivity contribution in [2.24, 2.45) is 5.73 Å². The highest BCUT2D eigenvalue weighted by Crippen LogP contribution is 2.13. The third-order valence-corrected chi connectivity index (χ3v) is 1.17. The molecule has 3 N–H and O–H groups in total. The van der Waals surface area contributed by atoms with E-state index in [0.717, 1.165) is 0 Å². The van der Waals surface area contributed by atoms with Crippen molar-refractivity contribution < 1.29 is 9.90 Å². The van der Waals surface area contributed by atoms with E-state index in [4.69, 9.17) is 10.8 Å². The molecule has 0 aliphatic carbocycles. The first-order valence-corrected chi connectivity index (χ1v) is 2.79. The van der Waals surface area contributed by atoms with Gasteiger partial charge in [0.15, 0.2) is 0 Å². The van der Waals surface area contributed by atoms with E-state index in [1.165, 1.54) is 12.1 Å². The van der Waals surface area contributed by atoms with Crippen LogP contribution in [0.2, 0.25) is 0 Å². The lowest BCUT2D eigenvalue weighted by Gasteiger charge is -1.96. The Balaban J connectivity index is 0.000001000. The summed E-state index contributed by atoms with van der Waals surface area (Å²) in [4.78, 5) is 10.5. The van der Waals surface area contributed by atoms with E-state index in [9.17, 15) is 4.79 Å². The molecule has 0 saturated heterocycles. The molecule has 1 aromatic carbocycles. The number of hydrogen-bond acceptors (Lipinski definition) is 2. The highest BCUT2D eigenvalue weighted by Gasteiger charge is 2.03. The predicted molar refractivity (Wildman–Crippen MR) is 43.4 cm³/mol. The van der Waals surface area contributed by atoms with E-state index in [1.54, 1.807) is 12.1 Å². The maximum atomic E-state index is 10.5. The minimum Gasteiger partial charge on any atom is -0.507 e. The molecule has 11 heavy (non-hydrogen) atoms. The minimum atomic E-state index is -0.613. The Morgan fingerprint density at radius 2 is 1.91 bits per heavy atom. The summed E-state index contributed by atoms with van der Waals surface area (Å²) in [6.07, 6.45) is 0. The van der Waals surface area contributed by atoms with Crippen molar-refractivity contribution in [1.82, 2.24) is 0 Å². The number of para-hydroxylation sites is 1. The van der Waals surface area contributed by atoms with Crippen molar-refractivity contribution in [2.75, 3.05) is 0 Å². The summed E-state index contributed by atoms with van der Waals surface area (Å²) in [5, 5.41) is 8.98. The van der Waals surface area contributed by atoms with Crippen LogP contribution in [-0.2, 0) is 0 Å². The van der Waals surface area contributed by atoms with Crippen molar-refractivity contribution in [3.05, 3.63) is 29.8 Å². The molecule has 3 nitrogen and oxygen atoms in total. The molecule has 0 aliphatic heterocycles. The Labute approximate surface area is 65.5 Å². The van der Waals surface area contributed by atoms with E-state index in [-0.39, 0.29) is 18.7 Å². The summed E-state index contributed by atoms with van der Waals surface area (Å²) >= 11 is 0. The van der Waals surface area contributed by atoms with Gasteiger partial charge in [0, 0.05) is 0 Å². The zero-order chi connectivity index (χ0) is 7.56. The molecule has 1 aromatic rings. The van der Waals surface area contributed by atoms with E-state index >= 15 is 0 Å². The third kappa shape index (κ3) is 1.97. The van der Waals surface area contributed by atoms with Crippen LogP contribution < -0.4 is 5.73 Å². The highest BCUT2D eigenvalue weighted by atomic mass is 16.3. The van der Waals surface area contributed by atoms with Crippen LogP contribution in [0.3, 0.4) is 0 Å². The average Bonchev–Trinajstić information content (AvgIpc) is 1.88. The number of carbonyl (C=O) groups excluding carboxylic acids is 1. The van der Waals surface area contributed by atoms with Crippen LogP contribution in [0, 0.1) is 0 Å². The van der Waals surface area contributed by atoms with Gasteiger partial charge in [-0.15, -0.1) is 0 Å². The third-order valence-electron chi connectivity index (χ3n) is 1.17. The fourth-order valence-corrected chi connectivity index (χ4v) is 0.682.